The van der Waals surface area contributed by atoms with Crippen LogP contribution in [0.2, 0.25) is 0 Å². The van der Waals surface area contributed by atoms with Gasteiger partial charge in [0.2, 0.25) is 0 Å². The Morgan fingerprint density at radius 1 is 1.22 bits per heavy atom. The summed E-state index contributed by atoms with van der Waals surface area (Å²) in [5.41, 5.74) is 0.532. The lowest BCUT2D eigenvalue weighted by Crippen LogP contribution is -2.40. The van der Waals surface area contributed by atoms with E-state index in [1.807, 2.05) is 0 Å². The molecule has 2 rings (SSSR count). The summed E-state index contributed by atoms with van der Waals surface area (Å²) in [5, 5.41) is 3.54. The summed E-state index contributed by atoms with van der Waals surface area (Å²) >= 11 is 0. The standard InChI is InChI=1S/C16H32N2/c1-3-11-18(12-15-7-5-4-6-8-15)14-16(2)9-10-17-13-16/h15,17H,3-14H2,1-2H3. The molecular weight excluding hydrogens is 220 g/mol. The zero-order chi connectivity index (χ0) is 12.8. The second-order valence-corrected chi connectivity index (χ2v) is 6.98. The normalized spacial score (nSPS) is 30.2. The molecule has 106 valence electrons. The van der Waals surface area contributed by atoms with Crippen molar-refractivity contribution in [1.29, 1.82) is 0 Å². The largest absolute Gasteiger partial charge is 0.316 e. The molecule has 0 aromatic carbocycles. The molecule has 2 fully saturated rings. The summed E-state index contributed by atoms with van der Waals surface area (Å²) in [5.74, 6) is 0.989. The highest BCUT2D eigenvalue weighted by Crippen LogP contribution is 2.29. The highest BCUT2D eigenvalue weighted by Gasteiger charge is 2.31. The molecule has 0 aromatic rings. The van der Waals surface area contributed by atoms with Crippen molar-refractivity contribution in [3.8, 4) is 0 Å². The fourth-order valence-electron chi connectivity index (χ4n) is 3.83. The van der Waals surface area contributed by atoms with Gasteiger partial charge in [-0.3, -0.25) is 0 Å². The van der Waals surface area contributed by atoms with Crippen LogP contribution in [-0.4, -0.2) is 37.6 Å². The first-order valence-corrected chi connectivity index (χ1v) is 8.15. The molecule has 1 aliphatic carbocycles. The average molecular weight is 252 g/mol. The van der Waals surface area contributed by atoms with Gasteiger partial charge in [0.15, 0.2) is 0 Å². The maximum Gasteiger partial charge on any atom is 0.00481 e. The molecule has 1 N–H and O–H groups in total. The zero-order valence-electron chi connectivity index (χ0n) is 12.5. The first-order valence-electron chi connectivity index (χ1n) is 8.15. The van der Waals surface area contributed by atoms with E-state index in [0.717, 1.165) is 5.92 Å². The average Bonchev–Trinajstić information content (AvgIpc) is 2.77. The van der Waals surface area contributed by atoms with E-state index in [1.54, 1.807) is 0 Å². The van der Waals surface area contributed by atoms with Crippen molar-refractivity contribution < 1.29 is 0 Å². The van der Waals surface area contributed by atoms with Crippen molar-refractivity contribution in [2.75, 3.05) is 32.7 Å². The number of hydrogen-bond acceptors (Lipinski definition) is 2. The minimum Gasteiger partial charge on any atom is -0.316 e. The Morgan fingerprint density at radius 2 is 2.00 bits per heavy atom. The van der Waals surface area contributed by atoms with Crippen molar-refractivity contribution in [2.24, 2.45) is 11.3 Å². The SMILES string of the molecule is CCCN(CC1CCCCC1)CC1(C)CCNC1. The fourth-order valence-corrected chi connectivity index (χ4v) is 3.83. The van der Waals surface area contributed by atoms with Gasteiger partial charge in [0.25, 0.3) is 0 Å². The van der Waals surface area contributed by atoms with Crippen molar-refractivity contribution in [3.05, 3.63) is 0 Å². The zero-order valence-corrected chi connectivity index (χ0v) is 12.5. The molecule has 1 saturated carbocycles. The van der Waals surface area contributed by atoms with Crippen LogP contribution in [-0.2, 0) is 0 Å². The molecule has 0 radical (unpaired) electrons. The Morgan fingerprint density at radius 3 is 2.61 bits per heavy atom. The van der Waals surface area contributed by atoms with Gasteiger partial charge in [-0.1, -0.05) is 33.1 Å². The number of rotatable bonds is 6. The van der Waals surface area contributed by atoms with Gasteiger partial charge in [-0.05, 0) is 50.1 Å². The molecule has 18 heavy (non-hydrogen) atoms. The molecule has 2 nitrogen and oxygen atoms in total. The third-order valence-electron chi connectivity index (χ3n) is 4.84. The van der Waals surface area contributed by atoms with Gasteiger partial charge in [-0.15, -0.1) is 0 Å². The smallest absolute Gasteiger partial charge is 0.00481 e. The van der Waals surface area contributed by atoms with E-state index in [9.17, 15) is 0 Å². The van der Waals surface area contributed by atoms with Crippen LogP contribution in [0, 0.1) is 11.3 Å². The van der Waals surface area contributed by atoms with Crippen LogP contribution in [0.15, 0.2) is 0 Å². The lowest BCUT2D eigenvalue weighted by molar-refractivity contribution is 0.141. The molecule has 0 amide bonds. The summed E-state index contributed by atoms with van der Waals surface area (Å²) in [4.78, 5) is 2.77. The third kappa shape index (κ3) is 4.24. The minimum atomic E-state index is 0.532. The van der Waals surface area contributed by atoms with E-state index in [2.05, 4.69) is 24.1 Å². The molecule has 0 aromatic heterocycles. The Labute approximate surface area is 114 Å². The van der Waals surface area contributed by atoms with E-state index < -0.39 is 0 Å². The van der Waals surface area contributed by atoms with Gasteiger partial charge in [-0.25, -0.2) is 0 Å². The van der Waals surface area contributed by atoms with Crippen molar-refractivity contribution >= 4 is 0 Å². The van der Waals surface area contributed by atoms with Gasteiger partial charge in [0, 0.05) is 19.6 Å². The van der Waals surface area contributed by atoms with Gasteiger partial charge >= 0.3 is 0 Å². The Balaban J connectivity index is 1.82. The van der Waals surface area contributed by atoms with E-state index >= 15 is 0 Å². The van der Waals surface area contributed by atoms with E-state index in [1.165, 1.54) is 77.7 Å². The molecule has 1 atom stereocenters. The van der Waals surface area contributed by atoms with Gasteiger partial charge in [0.05, 0.1) is 0 Å². The number of nitrogens with zero attached hydrogens (tertiary/aromatic N) is 1. The van der Waals surface area contributed by atoms with Crippen LogP contribution in [0.4, 0.5) is 0 Å². The quantitative estimate of drug-likeness (QED) is 0.780. The molecular formula is C16H32N2. The van der Waals surface area contributed by atoms with Crippen LogP contribution in [0.3, 0.4) is 0 Å². The van der Waals surface area contributed by atoms with Crippen molar-refractivity contribution in [1.82, 2.24) is 10.2 Å². The molecule has 1 heterocycles. The molecule has 1 aliphatic heterocycles. The number of hydrogen-bond donors (Lipinski definition) is 1. The molecule has 0 bridgehead atoms. The van der Waals surface area contributed by atoms with Gasteiger partial charge in [-0.2, -0.15) is 0 Å². The Bertz CT molecular complexity index is 227. The van der Waals surface area contributed by atoms with Crippen LogP contribution in [0.1, 0.15) is 58.8 Å². The molecule has 0 spiro atoms. The maximum absolute atomic E-state index is 3.54. The van der Waals surface area contributed by atoms with E-state index in [4.69, 9.17) is 0 Å². The van der Waals surface area contributed by atoms with Crippen LogP contribution < -0.4 is 5.32 Å². The number of nitrogens with one attached hydrogen (secondary N) is 1. The summed E-state index contributed by atoms with van der Waals surface area (Å²) in [7, 11) is 0. The summed E-state index contributed by atoms with van der Waals surface area (Å²) in [6.07, 6.45) is 10.1. The highest BCUT2D eigenvalue weighted by atomic mass is 15.1. The highest BCUT2D eigenvalue weighted by molar-refractivity contribution is 4.87. The van der Waals surface area contributed by atoms with Crippen LogP contribution >= 0.6 is 0 Å². The second kappa shape index (κ2) is 6.91. The lowest BCUT2D eigenvalue weighted by Gasteiger charge is -2.35. The monoisotopic (exact) mass is 252 g/mol. The Kier molecular flexibility index (Phi) is 5.50. The summed E-state index contributed by atoms with van der Waals surface area (Å²) in [6.45, 7) is 11.2. The lowest BCUT2D eigenvalue weighted by atomic mass is 9.86. The first-order chi connectivity index (χ1) is 8.72. The van der Waals surface area contributed by atoms with Gasteiger partial charge < -0.3 is 10.2 Å². The summed E-state index contributed by atoms with van der Waals surface area (Å²) < 4.78 is 0. The van der Waals surface area contributed by atoms with Crippen molar-refractivity contribution in [3.63, 3.8) is 0 Å². The third-order valence-corrected chi connectivity index (χ3v) is 4.84. The van der Waals surface area contributed by atoms with E-state index in [0.29, 0.717) is 5.41 Å². The molecule has 2 aliphatic rings. The van der Waals surface area contributed by atoms with Gasteiger partial charge in [0.1, 0.15) is 0 Å². The predicted molar refractivity (Wildman–Crippen MR) is 78.9 cm³/mol. The first kappa shape index (κ1) is 14.3. The fraction of sp³-hybridized carbons (Fsp3) is 1.00. The minimum absolute atomic E-state index is 0.532. The summed E-state index contributed by atoms with van der Waals surface area (Å²) in [6, 6.07) is 0. The van der Waals surface area contributed by atoms with Crippen molar-refractivity contribution in [2.45, 2.75) is 58.8 Å². The van der Waals surface area contributed by atoms with Crippen LogP contribution in [0.5, 0.6) is 0 Å². The maximum atomic E-state index is 3.54. The van der Waals surface area contributed by atoms with E-state index in [-0.39, 0.29) is 0 Å². The van der Waals surface area contributed by atoms with Crippen LogP contribution in [0.25, 0.3) is 0 Å². The predicted octanol–water partition coefficient (Wildman–Crippen LogP) is 3.28. The topological polar surface area (TPSA) is 15.3 Å². The second-order valence-electron chi connectivity index (χ2n) is 6.98. The molecule has 1 unspecified atom stereocenters. The molecule has 2 heteroatoms. The Hall–Kier alpha value is -0.0800. The molecule has 1 saturated heterocycles.